The van der Waals surface area contributed by atoms with Crippen LogP contribution in [0.5, 0.6) is 0 Å². The fourth-order valence-electron chi connectivity index (χ4n) is 4.77. The minimum Gasteiger partial charge on any atom is -0.393 e. The second kappa shape index (κ2) is 22.7. The van der Waals surface area contributed by atoms with E-state index in [0.29, 0.717) is 0 Å². The maximum Gasteiger partial charge on any atom is 0.321 e. The second-order valence-electron chi connectivity index (χ2n) is 10.2. The third kappa shape index (κ3) is 18.9. The first kappa shape index (κ1) is 29.9. The lowest BCUT2D eigenvalue weighted by Crippen LogP contribution is -2.03. The van der Waals surface area contributed by atoms with Crippen molar-refractivity contribution in [2.45, 2.75) is 161 Å². The van der Waals surface area contributed by atoms with Gasteiger partial charge in [-0.1, -0.05) is 154 Å². The molecule has 1 fully saturated rings. The van der Waals surface area contributed by atoms with Gasteiger partial charge in [-0.3, -0.25) is 9.59 Å². The second-order valence-corrected chi connectivity index (χ2v) is 10.2. The fraction of sp³-hybridized carbons (Fsp3) is 0.867. The number of ether oxygens (including phenoxy) is 1. The molecule has 0 amide bonds. The summed E-state index contributed by atoms with van der Waals surface area (Å²) in [6.45, 7) is 2.29. The highest BCUT2D eigenvalue weighted by Crippen LogP contribution is 2.18. The summed E-state index contributed by atoms with van der Waals surface area (Å²) in [4.78, 5) is 22.4. The van der Waals surface area contributed by atoms with E-state index in [0.717, 1.165) is 6.42 Å². The minimum absolute atomic E-state index is 0.217. The van der Waals surface area contributed by atoms with E-state index in [-0.39, 0.29) is 24.3 Å². The molecule has 3 heteroatoms. The number of hydrogen-bond acceptors (Lipinski definition) is 3. The third-order valence-electron chi connectivity index (χ3n) is 7.00. The van der Waals surface area contributed by atoms with Crippen molar-refractivity contribution in [1.82, 2.24) is 0 Å². The predicted molar refractivity (Wildman–Crippen MR) is 140 cm³/mol. The molecule has 0 aliphatic carbocycles. The lowest BCUT2D eigenvalue weighted by Gasteiger charge is -2.04. The summed E-state index contributed by atoms with van der Waals surface area (Å²) in [6, 6.07) is 0. The van der Waals surface area contributed by atoms with Crippen molar-refractivity contribution in [1.29, 1.82) is 0 Å². The van der Waals surface area contributed by atoms with Gasteiger partial charge in [-0.25, -0.2) is 0 Å². The Morgan fingerprint density at radius 3 is 1.30 bits per heavy atom. The van der Waals surface area contributed by atoms with Crippen LogP contribution in [0.4, 0.5) is 0 Å². The normalized spacial score (nSPS) is 16.2. The van der Waals surface area contributed by atoms with Crippen molar-refractivity contribution >= 4 is 11.9 Å². The average Bonchev–Trinajstić information content (AvgIpc) is 3.13. The number of carbonyl (C=O) groups is 2. The van der Waals surface area contributed by atoms with Gasteiger partial charge in [0, 0.05) is 0 Å². The van der Waals surface area contributed by atoms with Gasteiger partial charge in [-0.05, 0) is 12.8 Å². The first-order chi connectivity index (χ1) is 16.2. The smallest absolute Gasteiger partial charge is 0.321 e. The monoisotopic (exact) mass is 462 g/mol. The van der Waals surface area contributed by atoms with Crippen molar-refractivity contribution in [3.8, 4) is 0 Å². The molecule has 0 aromatic carbocycles. The number of hydrogen-bond donors (Lipinski definition) is 0. The largest absolute Gasteiger partial charge is 0.393 e. The Hall–Kier alpha value is -1.12. The van der Waals surface area contributed by atoms with Crippen LogP contribution in [0.15, 0.2) is 12.2 Å². The quantitative estimate of drug-likeness (QED) is 0.0620. The van der Waals surface area contributed by atoms with Gasteiger partial charge in [0.05, 0.1) is 12.3 Å². The summed E-state index contributed by atoms with van der Waals surface area (Å²) in [5, 5.41) is 0. The summed E-state index contributed by atoms with van der Waals surface area (Å²) in [7, 11) is 0. The molecule has 0 N–H and O–H groups in total. The fourth-order valence-corrected chi connectivity index (χ4v) is 4.77. The molecular weight excluding hydrogens is 408 g/mol. The molecule has 0 saturated carbocycles. The van der Waals surface area contributed by atoms with Crippen LogP contribution in [-0.2, 0) is 14.3 Å². The van der Waals surface area contributed by atoms with Crippen molar-refractivity contribution in [3.63, 3.8) is 0 Å². The van der Waals surface area contributed by atoms with Gasteiger partial charge in [0.15, 0.2) is 0 Å². The van der Waals surface area contributed by atoms with Gasteiger partial charge < -0.3 is 4.74 Å². The summed E-state index contributed by atoms with van der Waals surface area (Å²) in [6.07, 6.45) is 36.1. The van der Waals surface area contributed by atoms with Crippen LogP contribution >= 0.6 is 0 Å². The van der Waals surface area contributed by atoms with Gasteiger partial charge in [-0.2, -0.15) is 0 Å². The molecule has 3 nitrogen and oxygen atoms in total. The molecule has 1 aliphatic heterocycles. The number of cyclic esters (lactones) is 2. The molecule has 1 rings (SSSR count). The van der Waals surface area contributed by atoms with E-state index in [1.165, 1.54) is 141 Å². The van der Waals surface area contributed by atoms with E-state index in [4.69, 9.17) is 0 Å². The highest BCUT2D eigenvalue weighted by Gasteiger charge is 2.30. The Balaban J connectivity index is 1.68. The predicted octanol–water partition coefficient (Wildman–Crippen LogP) is 9.62. The SMILES string of the molecule is CCCCCCCCCCCCCCCCCCCCCCCCC=CC1CC(=O)OC1=O. The Labute approximate surface area is 205 Å². The number of esters is 2. The number of unbranched alkanes of at least 4 members (excludes halogenated alkanes) is 22. The zero-order chi connectivity index (χ0) is 23.8. The van der Waals surface area contributed by atoms with Crippen LogP contribution in [0.2, 0.25) is 0 Å². The van der Waals surface area contributed by atoms with Crippen LogP contribution in [-0.4, -0.2) is 11.9 Å². The number of allylic oxidation sites excluding steroid dienone is 1. The zero-order valence-corrected chi connectivity index (χ0v) is 21.9. The molecule has 1 heterocycles. The Bertz CT molecular complexity index is 497. The zero-order valence-electron chi connectivity index (χ0n) is 21.9. The highest BCUT2D eigenvalue weighted by atomic mass is 16.6. The van der Waals surface area contributed by atoms with Crippen molar-refractivity contribution in [2.75, 3.05) is 0 Å². The van der Waals surface area contributed by atoms with Crippen molar-refractivity contribution in [2.24, 2.45) is 5.92 Å². The molecule has 0 aromatic rings. The van der Waals surface area contributed by atoms with E-state index < -0.39 is 0 Å². The number of carbonyl (C=O) groups excluding carboxylic acids is 2. The van der Waals surface area contributed by atoms with Gasteiger partial charge in [-0.15, -0.1) is 0 Å². The van der Waals surface area contributed by atoms with Crippen LogP contribution in [0.25, 0.3) is 0 Å². The topological polar surface area (TPSA) is 43.4 Å². The molecule has 1 aliphatic rings. The van der Waals surface area contributed by atoms with Gasteiger partial charge in [0.25, 0.3) is 0 Å². The summed E-state index contributed by atoms with van der Waals surface area (Å²) < 4.78 is 4.55. The van der Waals surface area contributed by atoms with Crippen LogP contribution in [0.3, 0.4) is 0 Å². The summed E-state index contributed by atoms with van der Waals surface area (Å²) >= 11 is 0. The molecule has 0 bridgehead atoms. The Morgan fingerprint density at radius 1 is 0.606 bits per heavy atom. The van der Waals surface area contributed by atoms with Crippen LogP contribution < -0.4 is 0 Å². The molecule has 1 atom stereocenters. The first-order valence-corrected chi connectivity index (χ1v) is 14.6. The summed E-state index contributed by atoms with van der Waals surface area (Å²) in [5.74, 6) is -1.11. The van der Waals surface area contributed by atoms with E-state index in [1.54, 1.807) is 0 Å². The summed E-state index contributed by atoms with van der Waals surface area (Å²) in [5.41, 5.74) is 0. The Kier molecular flexibility index (Phi) is 20.5. The maximum absolute atomic E-state index is 11.4. The molecule has 1 saturated heterocycles. The molecule has 0 radical (unpaired) electrons. The van der Waals surface area contributed by atoms with E-state index in [9.17, 15) is 9.59 Å². The van der Waals surface area contributed by atoms with E-state index >= 15 is 0 Å². The standard InChI is InChI=1S/C30H54O3/c1-2-3-4-5-6-7-8-9-10-11-12-13-14-15-16-17-18-19-20-21-22-23-24-25-26-28-27-29(31)33-30(28)32/h25-26,28H,2-24,27H2,1H3. The maximum atomic E-state index is 11.4. The van der Waals surface area contributed by atoms with Crippen molar-refractivity contribution in [3.05, 3.63) is 12.2 Å². The molecule has 192 valence electrons. The molecule has 0 aromatic heterocycles. The molecule has 1 unspecified atom stereocenters. The van der Waals surface area contributed by atoms with Crippen molar-refractivity contribution < 1.29 is 14.3 Å². The lowest BCUT2D eigenvalue weighted by atomic mass is 10.0. The van der Waals surface area contributed by atoms with E-state index in [1.807, 2.05) is 12.2 Å². The third-order valence-corrected chi connectivity index (χ3v) is 7.00. The van der Waals surface area contributed by atoms with Crippen LogP contribution in [0.1, 0.15) is 161 Å². The van der Waals surface area contributed by atoms with Gasteiger partial charge in [0.2, 0.25) is 0 Å². The van der Waals surface area contributed by atoms with Gasteiger partial charge in [0.1, 0.15) is 0 Å². The number of rotatable bonds is 24. The molecule has 33 heavy (non-hydrogen) atoms. The first-order valence-electron chi connectivity index (χ1n) is 14.6. The molecular formula is C30H54O3. The lowest BCUT2D eigenvalue weighted by molar-refractivity contribution is -0.152. The van der Waals surface area contributed by atoms with Crippen LogP contribution in [0, 0.1) is 5.92 Å². The Morgan fingerprint density at radius 2 is 0.970 bits per heavy atom. The van der Waals surface area contributed by atoms with E-state index in [2.05, 4.69) is 11.7 Å². The van der Waals surface area contributed by atoms with Gasteiger partial charge >= 0.3 is 11.9 Å². The average molecular weight is 463 g/mol. The molecule has 0 spiro atoms. The highest BCUT2D eigenvalue weighted by molar-refractivity contribution is 5.95. The minimum atomic E-state index is -0.390.